The van der Waals surface area contributed by atoms with Gasteiger partial charge in [-0.1, -0.05) is 23.7 Å². The van der Waals surface area contributed by atoms with Crippen LogP contribution in [0.5, 0.6) is 5.75 Å². The van der Waals surface area contributed by atoms with Gasteiger partial charge in [0.05, 0.1) is 23.9 Å². The summed E-state index contributed by atoms with van der Waals surface area (Å²) >= 11 is 5.87. The summed E-state index contributed by atoms with van der Waals surface area (Å²) in [5, 5.41) is 0.594. The van der Waals surface area contributed by atoms with E-state index < -0.39 is 0 Å². The van der Waals surface area contributed by atoms with Crippen molar-refractivity contribution < 1.29 is 4.74 Å². The minimum atomic E-state index is -0.249. The van der Waals surface area contributed by atoms with Gasteiger partial charge in [0.1, 0.15) is 5.75 Å². The molecule has 1 aromatic heterocycles. The standard InChI is InChI=1S/C15H18ClN3O/c1-9-4-6-12(15(20-3)10(9)2)14(19-17)13-7-5-11(16)8-18-13/h4-8,14,19H,17H2,1-3H3. The first-order chi connectivity index (χ1) is 9.58. The van der Waals surface area contributed by atoms with Crippen LogP contribution in [-0.2, 0) is 0 Å². The molecule has 1 heterocycles. The molecule has 4 nitrogen and oxygen atoms in total. The monoisotopic (exact) mass is 291 g/mol. The van der Waals surface area contributed by atoms with Gasteiger partial charge in [0.25, 0.3) is 0 Å². The lowest BCUT2D eigenvalue weighted by atomic mass is 9.97. The van der Waals surface area contributed by atoms with Crippen molar-refractivity contribution in [2.75, 3.05) is 7.11 Å². The fourth-order valence-corrected chi connectivity index (χ4v) is 2.31. The zero-order chi connectivity index (χ0) is 14.7. The number of benzene rings is 1. The van der Waals surface area contributed by atoms with Crippen LogP contribution in [0.15, 0.2) is 30.5 Å². The van der Waals surface area contributed by atoms with Gasteiger partial charge in [0.2, 0.25) is 0 Å². The number of rotatable bonds is 4. The summed E-state index contributed by atoms with van der Waals surface area (Å²) in [4.78, 5) is 4.32. The topological polar surface area (TPSA) is 60.2 Å². The van der Waals surface area contributed by atoms with E-state index in [9.17, 15) is 0 Å². The lowest BCUT2D eigenvalue weighted by Gasteiger charge is -2.21. The van der Waals surface area contributed by atoms with Gasteiger partial charge >= 0.3 is 0 Å². The van der Waals surface area contributed by atoms with E-state index in [0.717, 1.165) is 22.6 Å². The van der Waals surface area contributed by atoms with Crippen molar-refractivity contribution >= 4 is 11.6 Å². The highest BCUT2D eigenvalue weighted by molar-refractivity contribution is 6.30. The Kier molecular flexibility index (Phi) is 4.60. The van der Waals surface area contributed by atoms with E-state index in [1.807, 2.05) is 32.0 Å². The van der Waals surface area contributed by atoms with Gasteiger partial charge in [-0.2, -0.15) is 0 Å². The van der Waals surface area contributed by atoms with Crippen molar-refractivity contribution in [1.29, 1.82) is 0 Å². The van der Waals surface area contributed by atoms with Crippen molar-refractivity contribution in [3.05, 3.63) is 57.9 Å². The molecule has 2 aromatic rings. The summed E-state index contributed by atoms with van der Waals surface area (Å²) in [5.74, 6) is 6.53. The van der Waals surface area contributed by atoms with Gasteiger partial charge in [-0.05, 0) is 37.1 Å². The number of ether oxygens (including phenoxy) is 1. The molecule has 0 bridgehead atoms. The molecule has 0 aliphatic heterocycles. The average molecular weight is 292 g/mol. The normalized spacial score (nSPS) is 12.2. The maximum absolute atomic E-state index is 5.87. The fourth-order valence-electron chi connectivity index (χ4n) is 2.20. The third kappa shape index (κ3) is 2.77. The summed E-state index contributed by atoms with van der Waals surface area (Å²) < 4.78 is 5.54. The molecule has 5 heteroatoms. The molecule has 0 radical (unpaired) electrons. The maximum Gasteiger partial charge on any atom is 0.127 e. The first kappa shape index (κ1) is 14.8. The van der Waals surface area contributed by atoms with Crippen LogP contribution in [0.2, 0.25) is 5.02 Å². The number of hydrazine groups is 1. The Labute approximate surface area is 123 Å². The molecule has 0 aliphatic rings. The van der Waals surface area contributed by atoms with Gasteiger partial charge < -0.3 is 4.74 Å². The molecule has 0 saturated carbocycles. The number of nitrogens with two attached hydrogens (primary N) is 1. The van der Waals surface area contributed by atoms with E-state index in [2.05, 4.69) is 10.4 Å². The average Bonchev–Trinajstić information content (AvgIpc) is 2.45. The molecule has 2 rings (SSSR count). The predicted octanol–water partition coefficient (Wildman–Crippen LogP) is 2.91. The number of nitrogens with zero attached hydrogens (tertiary/aromatic N) is 1. The molecule has 0 amide bonds. The number of hydrogen-bond donors (Lipinski definition) is 2. The Morgan fingerprint density at radius 3 is 2.55 bits per heavy atom. The first-order valence-corrected chi connectivity index (χ1v) is 6.68. The highest BCUT2D eigenvalue weighted by Crippen LogP contribution is 2.33. The lowest BCUT2D eigenvalue weighted by molar-refractivity contribution is 0.400. The summed E-state index contributed by atoms with van der Waals surface area (Å²) in [6.45, 7) is 4.08. The van der Waals surface area contributed by atoms with Crippen LogP contribution in [0, 0.1) is 13.8 Å². The maximum atomic E-state index is 5.87. The van der Waals surface area contributed by atoms with Gasteiger partial charge in [-0.15, -0.1) is 0 Å². The molecule has 1 atom stereocenters. The zero-order valence-corrected chi connectivity index (χ0v) is 12.5. The minimum absolute atomic E-state index is 0.249. The van der Waals surface area contributed by atoms with Crippen molar-refractivity contribution in [2.24, 2.45) is 5.84 Å². The number of aromatic nitrogens is 1. The van der Waals surface area contributed by atoms with Crippen molar-refractivity contribution in [3.63, 3.8) is 0 Å². The molecule has 0 spiro atoms. The number of nitrogens with one attached hydrogen (secondary N) is 1. The first-order valence-electron chi connectivity index (χ1n) is 6.30. The van der Waals surface area contributed by atoms with E-state index in [1.165, 1.54) is 5.56 Å². The molecule has 1 aromatic carbocycles. The summed E-state index contributed by atoms with van der Waals surface area (Å²) in [6, 6.07) is 7.44. The number of aryl methyl sites for hydroxylation is 1. The smallest absolute Gasteiger partial charge is 0.127 e. The van der Waals surface area contributed by atoms with Gasteiger partial charge in [0, 0.05) is 11.8 Å². The molecule has 0 fully saturated rings. The van der Waals surface area contributed by atoms with Crippen LogP contribution < -0.4 is 16.0 Å². The van der Waals surface area contributed by atoms with Crippen molar-refractivity contribution in [3.8, 4) is 5.75 Å². The van der Waals surface area contributed by atoms with Crippen LogP contribution in [0.4, 0.5) is 0 Å². The van der Waals surface area contributed by atoms with Crippen LogP contribution >= 0.6 is 11.6 Å². The quantitative estimate of drug-likeness (QED) is 0.672. The second-order valence-corrected chi connectivity index (χ2v) is 5.07. The van der Waals surface area contributed by atoms with Crippen molar-refractivity contribution in [1.82, 2.24) is 10.4 Å². The second kappa shape index (κ2) is 6.22. The van der Waals surface area contributed by atoms with E-state index in [4.69, 9.17) is 22.2 Å². The van der Waals surface area contributed by atoms with Gasteiger partial charge in [0.15, 0.2) is 0 Å². The van der Waals surface area contributed by atoms with E-state index >= 15 is 0 Å². The molecule has 3 N–H and O–H groups in total. The number of halogens is 1. The third-order valence-corrected chi connectivity index (χ3v) is 3.66. The van der Waals surface area contributed by atoms with Crippen LogP contribution in [0.25, 0.3) is 0 Å². The zero-order valence-electron chi connectivity index (χ0n) is 11.8. The highest BCUT2D eigenvalue weighted by atomic mass is 35.5. The fraction of sp³-hybridized carbons (Fsp3) is 0.267. The van der Waals surface area contributed by atoms with E-state index in [-0.39, 0.29) is 6.04 Å². The van der Waals surface area contributed by atoms with Gasteiger partial charge in [-0.3, -0.25) is 10.8 Å². The minimum Gasteiger partial charge on any atom is -0.496 e. The van der Waals surface area contributed by atoms with Crippen LogP contribution in [-0.4, -0.2) is 12.1 Å². The number of methoxy groups -OCH3 is 1. The molecule has 0 aliphatic carbocycles. The van der Waals surface area contributed by atoms with Crippen LogP contribution in [0.3, 0.4) is 0 Å². The molecule has 106 valence electrons. The molecular formula is C15H18ClN3O. The molecule has 1 unspecified atom stereocenters. The largest absolute Gasteiger partial charge is 0.496 e. The Balaban J connectivity index is 2.52. The molecule has 20 heavy (non-hydrogen) atoms. The SMILES string of the molecule is COc1c(C(NN)c2ccc(Cl)cn2)ccc(C)c1C. The Morgan fingerprint density at radius 2 is 2.00 bits per heavy atom. The Hall–Kier alpha value is -1.62. The van der Waals surface area contributed by atoms with Crippen molar-refractivity contribution in [2.45, 2.75) is 19.9 Å². The van der Waals surface area contributed by atoms with E-state index in [1.54, 1.807) is 19.4 Å². The van der Waals surface area contributed by atoms with Gasteiger partial charge in [-0.25, -0.2) is 5.43 Å². The predicted molar refractivity (Wildman–Crippen MR) is 80.9 cm³/mol. The number of pyridine rings is 1. The number of hydrogen-bond acceptors (Lipinski definition) is 4. The summed E-state index contributed by atoms with van der Waals surface area (Å²) in [7, 11) is 1.66. The highest BCUT2D eigenvalue weighted by Gasteiger charge is 2.20. The lowest BCUT2D eigenvalue weighted by Crippen LogP contribution is -2.30. The summed E-state index contributed by atoms with van der Waals surface area (Å²) in [6.07, 6.45) is 1.61. The third-order valence-electron chi connectivity index (χ3n) is 3.44. The molecular weight excluding hydrogens is 274 g/mol. The Morgan fingerprint density at radius 1 is 1.25 bits per heavy atom. The van der Waals surface area contributed by atoms with E-state index in [0.29, 0.717) is 5.02 Å². The van der Waals surface area contributed by atoms with Crippen LogP contribution in [0.1, 0.15) is 28.4 Å². The Bertz CT molecular complexity index is 599. The second-order valence-electron chi connectivity index (χ2n) is 4.63. The summed E-state index contributed by atoms with van der Waals surface area (Å²) in [5.41, 5.74) is 6.80. The molecule has 0 saturated heterocycles.